The summed E-state index contributed by atoms with van der Waals surface area (Å²) in [6, 6.07) is 0. The van der Waals surface area contributed by atoms with Crippen molar-refractivity contribution in [3.63, 3.8) is 0 Å². The molecule has 1 rings (SSSR count). The van der Waals surface area contributed by atoms with Gasteiger partial charge in [0.1, 0.15) is 0 Å². The van der Waals surface area contributed by atoms with Gasteiger partial charge < -0.3 is 15.4 Å². The number of aromatic nitrogens is 2. The van der Waals surface area contributed by atoms with E-state index in [1.54, 1.807) is 18.5 Å². The van der Waals surface area contributed by atoms with E-state index in [-0.39, 0.29) is 5.82 Å². The van der Waals surface area contributed by atoms with Crippen molar-refractivity contribution in [2.45, 2.75) is 20.4 Å². The molecule has 0 amide bonds. The van der Waals surface area contributed by atoms with Gasteiger partial charge in [-0.15, -0.1) is 0 Å². The predicted octanol–water partition coefficient (Wildman–Crippen LogP) is 1.16. The molecule has 0 aromatic carbocycles. The molecule has 6 nitrogen and oxygen atoms in total. The second-order valence-corrected chi connectivity index (χ2v) is 2.58. The molecule has 0 aliphatic rings. The Hall–Kier alpha value is -1.59. The third-order valence-electron chi connectivity index (χ3n) is 1.87. The number of rotatable bonds is 3. The van der Waals surface area contributed by atoms with Crippen molar-refractivity contribution in [2.24, 2.45) is 0 Å². The lowest BCUT2D eigenvalue weighted by molar-refractivity contribution is -0.388. The smallest absolute Gasteiger partial charge is 0.367 e. The van der Waals surface area contributed by atoms with Crippen LogP contribution in [0.25, 0.3) is 0 Å². The average molecular weight is 184 g/mol. The maximum absolute atomic E-state index is 10.6. The highest BCUT2D eigenvalue weighted by molar-refractivity contribution is 5.53. The minimum absolute atomic E-state index is 0.109. The number of nitrogens with one attached hydrogen (secondary N) is 1. The topological polar surface area (TPSA) is 73.0 Å². The molecule has 0 radical (unpaired) electrons. The predicted molar refractivity (Wildman–Crippen MR) is 48.8 cm³/mol. The summed E-state index contributed by atoms with van der Waals surface area (Å²) < 4.78 is 1.76. The van der Waals surface area contributed by atoms with Crippen LogP contribution in [-0.4, -0.2) is 21.5 Å². The van der Waals surface area contributed by atoms with Crippen molar-refractivity contribution in [2.75, 3.05) is 12.4 Å². The third-order valence-corrected chi connectivity index (χ3v) is 1.87. The zero-order valence-electron chi connectivity index (χ0n) is 7.87. The van der Waals surface area contributed by atoms with Crippen LogP contribution in [0.3, 0.4) is 0 Å². The summed E-state index contributed by atoms with van der Waals surface area (Å²) in [6.45, 7) is 4.33. The molecule has 13 heavy (non-hydrogen) atoms. The maximum atomic E-state index is 10.6. The highest BCUT2D eigenvalue weighted by Gasteiger charge is 2.23. The number of hydrogen-bond donors (Lipinski definition) is 1. The number of anilines is 1. The minimum atomic E-state index is -0.481. The van der Waals surface area contributed by atoms with E-state index in [1.807, 2.05) is 6.92 Å². The van der Waals surface area contributed by atoms with E-state index in [2.05, 4.69) is 10.3 Å². The van der Waals surface area contributed by atoms with Gasteiger partial charge in [-0.3, -0.25) is 4.57 Å². The van der Waals surface area contributed by atoms with Crippen molar-refractivity contribution in [3.05, 3.63) is 15.9 Å². The van der Waals surface area contributed by atoms with E-state index in [1.165, 1.54) is 0 Å². The molecule has 0 atom stereocenters. The molecule has 1 N–H and O–H groups in total. The van der Waals surface area contributed by atoms with Gasteiger partial charge >= 0.3 is 5.82 Å². The Morgan fingerprint density at radius 3 is 2.69 bits per heavy atom. The molecule has 0 fully saturated rings. The van der Waals surface area contributed by atoms with Gasteiger partial charge in [-0.2, -0.15) is 0 Å². The zero-order chi connectivity index (χ0) is 10.0. The first kappa shape index (κ1) is 9.50. The molecule has 0 spiro atoms. The first-order valence-corrected chi connectivity index (χ1v) is 4.01. The van der Waals surface area contributed by atoms with Crippen molar-refractivity contribution < 1.29 is 4.92 Å². The highest BCUT2D eigenvalue weighted by Crippen LogP contribution is 2.23. The monoisotopic (exact) mass is 184 g/mol. The maximum Gasteiger partial charge on any atom is 0.406 e. The summed E-state index contributed by atoms with van der Waals surface area (Å²) in [5.41, 5.74) is 0. The van der Waals surface area contributed by atoms with Gasteiger partial charge in [0.05, 0.1) is 0 Å². The van der Waals surface area contributed by atoms with Gasteiger partial charge in [0.15, 0.2) is 0 Å². The van der Waals surface area contributed by atoms with Gasteiger partial charge in [-0.1, -0.05) is 0 Å². The van der Waals surface area contributed by atoms with Crippen LogP contribution in [-0.2, 0) is 6.54 Å². The van der Waals surface area contributed by atoms with E-state index in [9.17, 15) is 10.1 Å². The fourth-order valence-electron chi connectivity index (χ4n) is 1.31. The summed E-state index contributed by atoms with van der Waals surface area (Å²) in [5.74, 6) is 1.01. The van der Waals surface area contributed by atoms with Crippen molar-refractivity contribution >= 4 is 11.6 Å². The van der Waals surface area contributed by atoms with Gasteiger partial charge in [0.25, 0.3) is 0 Å². The van der Waals surface area contributed by atoms with Gasteiger partial charge in [-0.25, -0.2) is 0 Å². The lowest BCUT2D eigenvalue weighted by atomic mass is 10.6. The Balaban J connectivity index is 3.29. The number of hydrogen-bond acceptors (Lipinski definition) is 4. The van der Waals surface area contributed by atoms with Crippen LogP contribution in [0, 0.1) is 17.0 Å². The molecule has 0 aliphatic carbocycles. The Morgan fingerprint density at radius 2 is 2.31 bits per heavy atom. The first-order chi connectivity index (χ1) is 6.11. The molecule has 1 aromatic rings. The fraction of sp³-hybridized carbons (Fsp3) is 0.571. The lowest BCUT2D eigenvalue weighted by Crippen LogP contribution is -2.03. The fourth-order valence-corrected chi connectivity index (χ4v) is 1.31. The summed E-state index contributed by atoms with van der Waals surface area (Å²) in [6.07, 6.45) is 0. The molecule has 0 saturated heterocycles. The molecular weight excluding hydrogens is 172 g/mol. The van der Waals surface area contributed by atoms with Gasteiger partial charge in [0, 0.05) is 20.5 Å². The molecule has 1 heterocycles. The normalized spacial score (nSPS) is 10.1. The number of imidazole rings is 1. The standard InChI is InChI=1S/C7H12N4O2/c1-4-10-5(2)9-7(11(12)13)6(10)8-3/h8H,4H2,1-3H3. The Morgan fingerprint density at radius 1 is 1.69 bits per heavy atom. The summed E-state index contributed by atoms with van der Waals surface area (Å²) in [5, 5.41) is 13.3. The second-order valence-electron chi connectivity index (χ2n) is 2.58. The Kier molecular flexibility index (Phi) is 2.50. The lowest BCUT2D eigenvalue weighted by Gasteiger charge is -2.02. The molecular formula is C7H12N4O2. The Bertz CT molecular complexity index is 331. The molecule has 1 aromatic heterocycles. The van der Waals surface area contributed by atoms with Crippen LogP contribution >= 0.6 is 0 Å². The summed E-state index contributed by atoms with van der Waals surface area (Å²) in [4.78, 5) is 13.9. The number of nitrogens with zero attached hydrogens (tertiary/aromatic N) is 3. The van der Waals surface area contributed by atoms with Crippen LogP contribution in [0.4, 0.5) is 11.6 Å². The van der Waals surface area contributed by atoms with E-state index in [0.29, 0.717) is 18.2 Å². The number of aryl methyl sites for hydroxylation is 1. The van der Waals surface area contributed by atoms with Gasteiger partial charge in [-0.05, 0) is 16.8 Å². The SMILES string of the molecule is CCn1c(C)nc([N+](=O)[O-])c1NC. The molecule has 72 valence electrons. The average Bonchev–Trinajstić information content (AvgIpc) is 2.41. The molecule has 0 aliphatic heterocycles. The largest absolute Gasteiger partial charge is 0.406 e. The first-order valence-electron chi connectivity index (χ1n) is 4.01. The van der Waals surface area contributed by atoms with Crippen LogP contribution in [0.2, 0.25) is 0 Å². The van der Waals surface area contributed by atoms with Crippen LogP contribution in [0.5, 0.6) is 0 Å². The van der Waals surface area contributed by atoms with E-state index in [4.69, 9.17) is 0 Å². The van der Waals surface area contributed by atoms with Crippen LogP contribution in [0.1, 0.15) is 12.7 Å². The molecule has 6 heteroatoms. The molecule has 0 bridgehead atoms. The highest BCUT2D eigenvalue weighted by atomic mass is 16.6. The van der Waals surface area contributed by atoms with Crippen molar-refractivity contribution in [1.82, 2.24) is 9.55 Å². The molecule has 0 saturated carbocycles. The van der Waals surface area contributed by atoms with Gasteiger partial charge in [0.2, 0.25) is 11.6 Å². The summed E-state index contributed by atoms with van der Waals surface area (Å²) >= 11 is 0. The van der Waals surface area contributed by atoms with E-state index >= 15 is 0 Å². The van der Waals surface area contributed by atoms with E-state index in [0.717, 1.165) is 0 Å². The number of nitro groups is 1. The van der Waals surface area contributed by atoms with Crippen molar-refractivity contribution in [1.29, 1.82) is 0 Å². The minimum Gasteiger partial charge on any atom is -0.367 e. The zero-order valence-corrected chi connectivity index (χ0v) is 7.87. The van der Waals surface area contributed by atoms with E-state index < -0.39 is 4.92 Å². The van der Waals surface area contributed by atoms with Crippen molar-refractivity contribution in [3.8, 4) is 0 Å². The van der Waals surface area contributed by atoms with Crippen LogP contribution < -0.4 is 5.32 Å². The Labute approximate surface area is 75.7 Å². The van der Waals surface area contributed by atoms with Crippen LogP contribution in [0.15, 0.2) is 0 Å². The third kappa shape index (κ3) is 1.47. The molecule has 0 unspecified atom stereocenters. The second kappa shape index (κ2) is 3.42. The summed E-state index contributed by atoms with van der Waals surface area (Å²) in [7, 11) is 1.65. The quantitative estimate of drug-likeness (QED) is 0.565.